The number of carboxylic acid groups (broad SMARTS) is 1. The number of nitrogens with zero attached hydrogens (tertiary/aromatic N) is 1. The molecule has 0 aromatic rings. The summed E-state index contributed by atoms with van der Waals surface area (Å²) in [5, 5.41) is 8.88. The summed E-state index contributed by atoms with van der Waals surface area (Å²) in [5.74, 6) is -2.17. The van der Waals surface area contributed by atoms with E-state index in [1.807, 2.05) is 0 Å². The van der Waals surface area contributed by atoms with Crippen LogP contribution in [-0.2, 0) is 19.2 Å². The molecule has 0 aromatic heterocycles. The van der Waals surface area contributed by atoms with E-state index in [0.29, 0.717) is 25.7 Å². The molecular weight excluding hydrogens is 598 g/mol. The molecule has 0 radical (unpaired) electrons. The Morgan fingerprint density at radius 3 is 0.938 bits per heavy atom. The summed E-state index contributed by atoms with van der Waals surface area (Å²) >= 11 is 0. The molecular formula is C42H75NO5. The average molecular weight is 674 g/mol. The topological polar surface area (TPSA) is 91.8 Å². The first kappa shape index (κ1) is 45.8. The minimum absolute atomic E-state index is 0.0149. The van der Waals surface area contributed by atoms with Crippen LogP contribution in [0.5, 0.6) is 0 Å². The van der Waals surface area contributed by atoms with Gasteiger partial charge in [-0.2, -0.15) is 0 Å². The van der Waals surface area contributed by atoms with Crippen molar-refractivity contribution in [2.24, 2.45) is 0 Å². The van der Waals surface area contributed by atoms with Gasteiger partial charge in [-0.3, -0.25) is 19.2 Å². The first-order valence-corrected chi connectivity index (χ1v) is 20.3. The fourth-order valence-electron chi connectivity index (χ4n) is 6.00. The predicted molar refractivity (Wildman–Crippen MR) is 202 cm³/mol. The fraction of sp³-hybridized carbons (Fsp3) is 0.810. The Balaban J connectivity index is 4.27. The van der Waals surface area contributed by atoms with Crippen LogP contribution in [0.15, 0.2) is 24.3 Å². The van der Waals surface area contributed by atoms with E-state index >= 15 is 0 Å². The second-order valence-corrected chi connectivity index (χ2v) is 13.8. The number of carbonyl (C=O) groups is 4. The minimum atomic E-state index is -0.903. The summed E-state index contributed by atoms with van der Waals surface area (Å²) in [6.45, 7) is 4.50. The van der Waals surface area contributed by atoms with Gasteiger partial charge in [0.05, 0.1) is 0 Å². The van der Waals surface area contributed by atoms with E-state index in [4.69, 9.17) is 5.11 Å². The maximum absolute atomic E-state index is 13.0. The summed E-state index contributed by atoms with van der Waals surface area (Å²) in [4.78, 5) is 50.7. The summed E-state index contributed by atoms with van der Waals surface area (Å²) in [5.41, 5.74) is 0. The van der Waals surface area contributed by atoms with Crippen LogP contribution >= 0.6 is 0 Å². The summed E-state index contributed by atoms with van der Waals surface area (Å²) in [6, 6.07) is 0. The molecule has 0 aromatic carbocycles. The van der Waals surface area contributed by atoms with Crippen LogP contribution in [0.2, 0.25) is 0 Å². The molecule has 0 heterocycles. The molecule has 0 aliphatic heterocycles. The van der Waals surface area contributed by atoms with Gasteiger partial charge in [0.15, 0.2) is 0 Å². The highest BCUT2D eigenvalue weighted by atomic mass is 16.4. The molecule has 0 unspecified atom stereocenters. The fourth-order valence-corrected chi connectivity index (χ4v) is 6.00. The van der Waals surface area contributed by atoms with E-state index in [-0.39, 0.29) is 25.7 Å². The van der Waals surface area contributed by atoms with Gasteiger partial charge in [0, 0.05) is 25.7 Å². The van der Waals surface area contributed by atoms with Gasteiger partial charge in [-0.05, 0) is 77.0 Å². The van der Waals surface area contributed by atoms with E-state index in [9.17, 15) is 19.2 Å². The number of amides is 3. The van der Waals surface area contributed by atoms with Crippen LogP contribution in [0, 0.1) is 0 Å². The highest BCUT2D eigenvalue weighted by molar-refractivity contribution is 6.10. The van der Waals surface area contributed by atoms with Crippen molar-refractivity contribution in [2.75, 3.05) is 0 Å². The van der Waals surface area contributed by atoms with Gasteiger partial charge in [-0.1, -0.05) is 141 Å². The molecule has 3 amide bonds. The molecule has 0 bridgehead atoms. The molecule has 0 rings (SSSR count). The van der Waals surface area contributed by atoms with Crippen LogP contribution in [0.25, 0.3) is 0 Å². The van der Waals surface area contributed by atoms with E-state index in [1.54, 1.807) is 0 Å². The van der Waals surface area contributed by atoms with E-state index in [2.05, 4.69) is 38.2 Å². The SMILES string of the molecule is CCCCCCCC/C=C\CCCCCCCC(=O)N(C(=O)CCCCCCC/C=C\CCCCCCCC)C(=O)CCCCC(=O)O. The Hall–Kier alpha value is -2.24. The lowest BCUT2D eigenvalue weighted by Gasteiger charge is -2.19. The van der Waals surface area contributed by atoms with Gasteiger partial charge in [0.2, 0.25) is 17.7 Å². The Bertz CT molecular complexity index is 797. The quantitative estimate of drug-likeness (QED) is 0.0534. The molecule has 0 aliphatic rings. The maximum Gasteiger partial charge on any atom is 0.303 e. The van der Waals surface area contributed by atoms with Crippen LogP contribution < -0.4 is 0 Å². The van der Waals surface area contributed by atoms with Gasteiger partial charge in [0.1, 0.15) is 0 Å². The van der Waals surface area contributed by atoms with Crippen LogP contribution in [0.3, 0.4) is 0 Å². The lowest BCUT2D eigenvalue weighted by atomic mass is 10.1. The van der Waals surface area contributed by atoms with Crippen molar-refractivity contribution in [2.45, 2.75) is 219 Å². The van der Waals surface area contributed by atoms with Gasteiger partial charge >= 0.3 is 5.97 Å². The molecule has 48 heavy (non-hydrogen) atoms. The zero-order chi connectivity index (χ0) is 35.3. The smallest absolute Gasteiger partial charge is 0.303 e. The number of imide groups is 3. The monoisotopic (exact) mass is 674 g/mol. The van der Waals surface area contributed by atoms with E-state index in [1.165, 1.54) is 89.9 Å². The van der Waals surface area contributed by atoms with Crippen LogP contribution in [0.1, 0.15) is 219 Å². The van der Waals surface area contributed by atoms with Crippen molar-refractivity contribution in [3.05, 3.63) is 24.3 Å². The molecule has 0 fully saturated rings. The number of rotatable bonds is 35. The van der Waals surface area contributed by atoms with Crippen molar-refractivity contribution in [1.82, 2.24) is 4.90 Å². The molecule has 0 saturated carbocycles. The van der Waals surface area contributed by atoms with Crippen LogP contribution in [-0.4, -0.2) is 33.7 Å². The number of hydrogen-bond acceptors (Lipinski definition) is 4. The van der Waals surface area contributed by atoms with Crippen molar-refractivity contribution >= 4 is 23.7 Å². The number of unbranched alkanes of at least 4 members (excludes halogenated alkanes) is 23. The van der Waals surface area contributed by atoms with Crippen molar-refractivity contribution in [3.63, 3.8) is 0 Å². The first-order valence-electron chi connectivity index (χ1n) is 20.3. The van der Waals surface area contributed by atoms with E-state index in [0.717, 1.165) is 69.1 Å². The molecule has 1 N–H and O–H groups in total. The normalized spacial score (nSPS) is 11.5. The summed E-state index contributed by atoms with van der Waals surface area (Å²) in [7, 11) is 0. The molecule has 0 aliphatic carbocycles. The molecule has 0 atom stereocenters. The Morgan fingerprint density at radius 2 is 0.625 bits per heavy atom. The number of carbonyl (C=O) groups excluding carboxylic acids is 3. The zero-order valence-corrected chi connectivity index (χ0v) is 31.5. The number of hydrogen-bond donors (Lipinski definition) is 1. The summed E-state index contributed by atoms with van der Waals surface area (Å²) < 4.78 is 0. The van der Waals surface area contributed by atoms with Crippen molar-refractivity contribution < 1.29 is 24.3 Å². The predicted octanol–water partition coefficient (Wildman–Crippen LogP) is 12.6. The van der Waals surface area contributed by atoms with E-state index < -0.39 is 23.7 Å². The van der Waals surface area contributed by atoms with Crippen molar-refractivity contribution in [3.8, 4) is 0 Å². The van der Waals surface area contributed by atoms with Crippen molar-refractivity contribution in [1.29, 1.82) is 0 Å². The number of aliphatic carboxylic acids is 1. The average Bonchev–Trinajstić information content (AvgIpc) is 3.06. The molecule has 0 spiro atoms. The molecule has 6 nitrogen and oxygen atoms in total. The van der Waals surface area contributed by atoms with Gasteiger partial charge in [-0.25, -0.2) is 4.90 Å². The van der Waals surface area contributed by atoms with Gasteiger partial charge < -0.3 is 5.11 Å². The Labute approximate surface area is 296 Å². The standard InChI is InChI=1S/C42H75NO5/c1-3-5-7-9-11-13-15-17-19-21-23-25-27-29-31-35-39(44)43(41(46)37-33-34-38-42(47)48)40(45)36-32-30-28-26-24-22-20-18-16-14-12-10-8-6-4-2/h17-20H,3-16,21-38H2,1-2H3,(H,47,48)/b19-17-,20-18-. The van der Waals surface area contributed by atoms with Crippen LogP contribution in [0.4, 0.5) is 0 Å². The zero-order valence-electron chi connectivity index (χ0n) is 31.5. The highest BCUT2D eigenvalue weighted by Crippen LogP contribution is 2.15. The second kappa shape index (κ2) is 36.1. The lowest BCUT2D eigenvalue weighted by molar-refractivity contribution is -0.154. The lowest BCUT2D eigenvalue weighted by Crippen LogP contribution is -2.41. The third-order valence-corrected chi connectivity index (χ3v) is 9.08. The summed E-state index contributed by atoms with van der Waals surface area (Å²) in [6.07, 6.45) is 40.8. The van der Waals surface area contributed by atoms with Gasteiger partial charge in [-0.15, -0.1) is 0 Å². The maximum atomic E-state index is 13.0. The Kier molecular flexibility index (Phi) is 34.4. The third kappa shape index (κ3) is 31.1. The third-order valence-electron chi connectivity index (χ3n) is 9.08. The minimum Gasteiger partial charge on any atom is -0.481 e. The number of carboxylic acids is 1. The number of allylic oxidation sites excluding steroid dienone is 4. The van der Waals surface area contributed by atoms with Gasteiger partial charge in [0.25, 0.3) is 0 Å². The highest BCUT2D eigenvalue weighted by Gasteiger charge is 2.27. The Morgan fingerprint density at radius 1 is 0.375 bits per heavy atom. The first-order chi connectivity index (χ1) is 23.4. The molecule has 278 valence electrons. The molecule has 6 heteroatoms. The largest absolute Gasteiger partial charge is 0.481 e. The molecule has 0 saturated heterocycles. The second-order valence-electron chi connectivity index (χ2n) is 13.8.